The predicted octanol–water partition coefficient (Wildman–Crippen LogP) is 3.21. The molecule has 1 aromatic carbocycles. The molecule has 4 nitrogen and oxygen atoms in total. The SMILES string of the molecule is Cc1cccc(COc2ccc(F)cc2/C=C/C(=O)O)n1. The maximum absolute atomic E-state index is 13.2. The van der Waals surface area contributed by atoms with Crippen LogP contribution in [-0.4, -0.2) is 16.1 Å². The van der Waals surface area contributed by atoms with Gasteiger partial charge in [-0.3, -0.25) is 4.98 Å². The molecule has 108 valence electrons. The van der Waals surface area contributed by atoms with Crippen molar-refractivity contribution in [2.24, 2.45) is 0 Å². The van der Waals surface area contributed by atoms with Crippen molar-refractivity contribution in [2.75, 3.05) is 0 Å². The summed E-state index contributed by atoms with van der Waals surface area (Å²) in [6.07, 6.45) is 2.23. The van der Waals surface area contributed by atoms with Crippen LogP contribution in [0, 0.1) is 12.7 Å². The van der Waals surface area contributed by atoms with E-state index in [1.807, 2.05) is 25.1 Å². The third-order valence-corrected chi connectivity index (χ3v) is 2.70. The fourth-order valence-corrected chi connectivity index (χ4v) is 1.77. The van der Waals surface area contributed by atoms with Crippen molar-refractivity contribution in [1.82, 2.24) is 4.98 Å². The van der Waals surface area contributed by atoms with Crippen molar-refractivity contribution < 1.29 is 19.0 Å². The number of ether oxygens (including phenoxy) is 1. The molecule has 1 aromatic heterocycles. The molecule has 21 heavy (non-hydrogen) atoms. The normalized spacial score (nSPS) is 10.8. The highest BCUT2D eigenvalue weighted by Gasteiger charge is 2.05. The number of carboxylic acids is 1. The molecule has 0 aliphatic rings. The molecule has 1 N–H and O–H groups in total. The molecule has 0 bridgehead atoms. The zero-order chi connectivity index (χ0) is 15.2. The number of halogens is 1. The predicted molar refractivity (Wildman–Crippen MR) is 76.4 cm³/mol. The second kappa shape index (κ2) is 6.65. The van der Waals surface area contributed by atoms with Crippen LogP contribution in [0.1, 0.15) is 17.0 Å². The molecule has 1 heterocycles. The maximum Gasteiger partial charge on any atom is 0.328 e. The van der Waals surface area contributed by atoms with E-state index in [0.717, 1.165) is 17.5 Å². The summed E-state index contributed by atoms with van der Waals surface area (Å²) in [5.74, 6) is -1.16. The summed E-state index contributed by atoms with van der Waals surface area (Å²) in [6.45, 7) is 2.10. The van der Waals surface area contributed by atoms with E-state index in [-0.39, 0.29) is 6.61 Å². The number of benzene rings is 1. The lowest BCUT2D eigenvalue weighted by Gasteiger charge is -2.09. The van der Waals surface area contributed by atoms with Crippen LogP contribution in [-0.2, 0) is 11.4 Å². The molecular formula is C16H14FNO3. The summed E-state index contributed by atoms with van der Waals surface area (Å²) in [5, 5.41) is 8.64. The Hall–Kier alpha value is -2.69. The number of aromatic nitrogens is 1. The zero-order valence-electron chi connectivity index (χ0n) is 11.4. The summed E-state index contributed by atoms with van der Waals surface area (Å²) < 4.78 is 18.8. The Morgan fingerprint density at radius 1 is 1.38 bits per heavy atom. The van der Waals surface area contributed by atoms with Crippen LogP contribution in [0.15, 0.2) is 42.5 Å². The Morgan fingerprint density at radius 2 is 2.19 bits per heavy atom. The number of hydrogen-bond acceptors (Lipinski definition) is 3. The number of aryl methyl sites for hydroxylation is 1. The molecule has 0 aliphatic heterocycles. The van der Waals surface area contributed by atoms with Crippen LogP contribution < -0.4 is 4.74 Å². The van der Waals surface area contributed by atoms with Gasteiger partial charge in [0.1, 0.15) is 18.2 Å². The number of carbonyl (C=O) groups is 1. The lowest BCUT2D eigenvalue weighted by molar-refractivity contribution is -0.131. The molecule has 0 fully saturated rings. The van der Waals surface area contributed by atoms with Gasteiger partial charge in [0.05, 0.1) is 5.69 Å². The summed E-state index contributed by atoms with van der Waals surface area (Å²) in [5.41, 5.74) is 1.98. The molecule has 0 spiro atoms. The van der Waals surface area contributed by atoms with Gasteiger partial charge in [-0.2, -0.15) is 0 Å². The molecule has 0 radical (unpaired) electrons. The third-order valence-electron chi connectivity index (χ3n) is 2.70. The maximum atomic E-state index is 13.2. The first kappa shape index (κ1) is 14.7. The van der Waals surface area contributed by atoms with Gasteiger partial charge in [-0.1, -0.05) is 6.07 Å². The van der Waals surface area contributed by atoms with E-state index in [9.17, 15) is 9.18 Å². The zero-order valence-corrected chi connectivity index (χ0v) is 11.4. The van der Waals surface area contributed by atoms with Crippen LogP contribution in [0.5, 0.6) is 5.75 Å². The van der Waals surface area contributed by atoms with Gasteiger partial charge in [0.2, 0.25) is 0 Å². The smallest absolute Gasteiger partial charge is 0.328 e. The van der Waals surface area contributed by atoms with E-state index < -0.39 is 11.8 Å². The van der Waals surface area contributed by atoms with E-state index in [4.69, 9.17) is 9.84 Å². The molecule has 0 unspecified atom stereocenters. The monoisotopic (exact) mass is 287 g/mol. The lowest BCUT2D eigenvalue weighted by atomic mass is 10.2. The summed E-state index contributed by atoms with van der Waals surface area (Å²) >= 11 is 0. The second-order valence-corrected chi connectivity index (χ2v) is 4.41. The molecule has 0 amide bonds. The average Bonchev–Trinajstić information content (AvgIpc) is 2.44. The number of nitrogens with zero attached hydrogens (tertiary/aromatic N) is 1. The number of carboxylic acid groups (broad SMARTS) is 1. The second-order valence-electron chi connectivity index (χ2n) is 4.41. The topological polar surface area (TPSA) is 59.4 Å². The van der Waals surface area contributed by atoms with Crippen LogP contribution in [0.2, 0.25) is 0 Å². The largest absolute Gasteiger partial charge is 0.487 e. The molecule has 0 atom stereocenters. The summed E-state index contributed by atoms with van der Waals surface area (Å²) in [7, 11) is 0. The van der Waals surface area contributed by atoms with Crippen LogP contribution in [0.4, 0.5) is 4.39 Å². The summed E-state index contributed by atoms with van der Waals surface area (Å²) in [6, 6.07) is 9.52. The van der Waals surface area contributed by atoms with Gasteiger partial charge in [0.25, 0.3) is 0 Å². The molecular weight excluding hydrogens is 273 g/mol. The van der Waals surface area contributed by atoms with Crippen LogP contribution in [0.25, 0.3) is 6.08 Å². The Labute approximate surface area is 121 Å². The van der Waals surface area contributed by atoms with Gasteiger partial charge in [0.15, 0.2) is 0 Å². The standard InChI is InChI=1S/C16H14FNO3/c1-11-3-2-4-14(18-11)10-21-15-7-6-13(17)9-12(15)5-8-16(19)20/h2-9H,10H2,1H3,(H,19,20)/b8-5+. The quantitative estimate of drug-likeness (QED) is 0.858. The Morgan fingerprint density at radius 3 is 2.90 bits per heavy atom. The van der Waals surface area contributed by atoms with Gasteiger partial charge in [-0.15, -0.1) is 0 Å². The highest BCUT2D eigenvalue weighted by Crippen LogP contribution is 2.22. The number of rotatable bonds is 5. The Kier molecular flexibility index (Phi) is 4.66. The van der Waals surface area contributed by atoms with Crippen molar-refractivity contribution in [1.29, 1.82) is 0 Å². The van der Waals surface area contributed by atoms with E-state index >= 15 is 0 Å². The van der Waals surface area contributed by atoms with Gasteiger partial charge < -0.3 is 9.84 Å². The number of hydrogen-bond donors (Lipinski definition) is 1. The molecule has 2 aromatic rings. The first-order valence-corrected chi connectivity index (χ1v) is 6.30. The molecule has 0 saturated carbocycles. The highest BCUT2D eigenvalue weighted by atomic mass is 19.1. The van der Waals surface area contributed by atoms with Gasteiger partial charge in [0, 0.05) is 17.3 Å². The van der Waals surface area contributed by atoms with E-state index in [1.54, 1.807) is 0 Å². The van der Waals surface area contributed by atoms with Crippen molar-refractivity contribution >= 4 is 12.0 Å². The van der Waals surface area contributed by atoms with Crippen LogP contribution in [0.3, 0.4) is 0 Å². The van der Waals surface area contributed by atoms with Gasteiger partial charge >= 0.3 is 5.97 Å². The van der Waals surface area contributed by atoms with Crippen molar-refractivity contribution in [3.63, 3.8) is 0 Å². The highest BCUT2D eigenvalue weighted by molar-refractivity contribution is 5.85. The fraction of sp³-hybridized carbons (Fsp3) is 0.125. The minimum Gasteiger partial charge on any atom is -0.487 e. The minimum absolute atomic E-state index is 0.223. The van der Waals surface area contributed by atoms with E-state index in [1.165, 1.54) is 24.3 Å². The van der Waals surface area contributed by atoms with E-state index in [0.29, 0.717) is 11.3 Å². The first-order chi connectivity index (χ1) is 10.0. The minimum atomic E-state index is -1.11. The molecule has 0 aliphatic carbocycles. The first-order valence-electron chi connectivity index (χ1n) is 6.30. The number of aliphatic carboxylic acids is 1. The third kappa shape index (κ3) is 4.42. The van der Waals surface area contributed by atoms with Crippen molar-refractivity contribution in [3.05, 3.63) is 65.2 Å². The summed E-state index contributed by atoms with van der Waals surface area (Å²) in [4.78, 5) is 14.9. The van der Waals surface area contributed by atoms with Crippen molar-refractivity contribution in [2.45, 2.75) is 13.5 Å². The van der Waals surface area contributed by atoms with Gasteiger partial charge in [-0.25, -0.2) is 9.18 Å². The van der Waals surface area contributed by atoms with E-state index in [2.05, 4.69) is 4.98 Å². The van der Waals surface area contributed by atoms with Crippen LogP contribution >= 0.6 is 0 Å². The fourth-order valence-electron chi connectivity index (χ4n) is 1.77. The number of pyridine rings is 1. The lowest BCUT2D eigenvalue weighted by Crippen LogP contribution is -2.00. The molecule has 5 heteroatoms. The Balaban J connectivity index is 2.17. The average molecular weight is 287 g/mol. The van der Waals surface area contributed by atoms with Gasteiger partial charge in [-0.05, 0) is 43.3 Å². The molecule has 2 rings (SSSR count). The van der Waals surface area contributed by atoms with Crippen molar-refractivity contribution in [3.8, 4) is 5.75 Å². The Bertz CT molecular complexity index is 683. The molecule has 0 saturated heterocycles.